The summed E-state index contributed by atoms with van der Waals surface area (Å²) < 4.78 is 2.41. The van der Waals surface area contributed by atoms with Gasteiger partial charge in [-0.2, -0.15) is 0 Å². The summed E-state index contributed by atoms with van der Waals surface area (Å²) in [6, 6.07) is 22.9. The van der Waals surface area contributed by atoms with Crippen LogP contribution < -0.4 is 16.4 Å². The summed E-state index contributed by atoms with van der Waals surface area (Å²) in [5, 5.41) is 0.550. The minimum atomic E-state index is -0.138. The van der Waals surface area contributed by atoms with Crippen LogP contribution >= 0.6 is 15.9 Å². The zero-order chi connectivity index (χ0) is 18.8. The lowest BCUT2D eigenvalue weighted by molar-refractivity contribution is 0.965. The monoisotopic (exact) mass is 420 g/mol. The second kappa shape index (κ2) is 7.25. The summed E-state index contributed by atoms with van der Waals surface area (Å²) in [6.45, 7) is 2.04. The molecule has 5 nitrogen and oxygen atoms in total. The molecule has 1 aromatic heterocycles. The number of hydrazine groups is 1. The van der Waals surface area contributed by atoms with Gasteiger partial charge in [-0.15, -0.1) is 0 Å². The highest BCUT2D eigenvalue weighted by molar-refractivity contribution is 9.10. The van der Waals surface area contributed by atoms with Gasteiger partial charge in [0.2, 0.25) is 5.95 Å². The number of nitrogens with zero attached hydrogens (tertiary/aromatic N) is 2. The molecule has 0 aliphatic heterocycles. The van der Waals surface area contributed by atoms with Crippen molar-refractivity contribution in [3.63, 3.8) is 0 Å². The Morgan fingerprint density at radius 2 is 1.67 bits per heavy atom. The first-order valence-corrected chi connectivity index (χ1v) is 9.27. The fourth-order valence-electron chi connectivity index (χ4n) is 2.82. The number of fused-ring (bicyclic) bond motifs is 1. The molecule has 6 heteroatoms. The Balaban J connectivity index is 1.83. The highest BCUT2D eigenvalue weighted by atomic mass is 79.9. The van der Waals surface area contributed by atoms with E-state index in [1.165, 1.54) is 5.56 Å². The van der Waals surface area contributed by atoms with Gasteiger partial charge in [-0.05, 0) is 49.4 Å². The van der Waals surface area contributed by atoms with Gasteiger partial charge in [0.15, 0.2) is 0 Å². The molecule has 0 aliphatic rings. The summed E-state index contributed by atoms with van der Waals surface area (Å²) >= 11 is 3.43. The zero-order valence-electron chi connectivity index (χ0n) is 14.6. The topological polar surface area (TPSA) is 59.0 Å². The molecule has 0 saturated heterocycles. The molecule has 3 aromatic carbocycles. The minimum Gasteiger partial charge on any atom is -0.298 e. The van der Waals surface area contributed by atoms with Crippen LogP contribution in [0.1, 0.15) is 5.56 Å². The summed E-state index contributed by atoms with van der Waals surface area (Å²) in [5.74, 6) is 0.418. The predicted molar refractivity (Wildman–Crippen MR) is 113 cm³/mol. The molecule has 0 atom stereocenters. The summed E-state index contributed by atoms with van der Waals surface area (Å²) in [7, 11) is 0. The molecule has 0 saturated carbocycles. The molecular weight excluding hydrogens is 404 g/mol. The maximum Gasteiger partial charge on any atom is 0.267 e. The zero-order valence-corrected chi connectivity index (χ0v) is 16.2. The molecular formula is C21H17BrN4O. The van der Waals surface area contributed by atoms with Crippen LogP contribution in [0, 0.1) is 6.92 Å². The van der Waals surface area contributed by atoms with Crippen LogP contribution in [0.5, 0.6) is 0 Å². The fraction of sp³-hybridized carbons (Fsp3) is 0.0476. The van der Waals surface area contributed by atoms with Gasteiger partial charge in [-0.25, -0.2) is 9.55 Å². The van der Waals surface area contributed by atoms with E-state index in [9.17, 15) is 4.79 Å². The van der Waals surface area contributed by atoms with Crippen LogP contribution in [-0.2, 0) is 0 Å². The second-order valence-electron chi connectivity index (χ2n) is 6.19. The number of rotatable bonds is 4. The lowest BCUT2D eigenvalue weighted by Gasteiger charge is -2.16. The third-order valence-electron chi connectivity index (χ3n) is 4.21. The number of aryl methyl sites for hydroxylation is 1. The Hall–Kier alpha value is -3.12. The van der Waals surface area contributed by atoms with E-state index in [1.807, 2.05) is 73.7 Å². The average Bonchev–Trinajstić information content (AvgIpc) is 2.69. The Morgan fingerprint density at radius 3 is 2.41 bits per heavy atom. The van der Waals surface area contributed by atoms with Crippen LogP contribution in [0.4, 0.5) is 11.6 Å². The maximum absolute atomic E-state index is 13.2. The van der Waals surface area contributed by atoms with Crippen LogP contribution in [-0.4, -0.2) is 9.55 Å². The van der Waals surface area contributed by atoms with Crippen molar-refractivity contribution in [3.05, 3.63) is 93.2 Å². The third kappa shape index (κ3) is 3.57. The van der Waals surface area contributed by atoms with Gasteiger partial charge >= 0.3 is 0 Å². The van der Waals surface area contributed by atoms with Gasteiger partial charge in [-0.1, -0.05) is 51.8 Å². The smallest absolute Gasteiger partial charge is 0.267 e. The van der Waals surface area contributed by atoms with Crippen molar-refractivity contribution in [1.82, 2.24) is 9.55 Å². The molecule has 0 fully saturated rings. The van der Waals surface area contributed by atoms with Crippen molar-refractivity contribution in [2.45, 2.75) is 6.92 Å². The maximum atomic E-state index is 13.2. The van der Waals surface area contributed by atoms with Gasteiger partial charge < -0.3 is 0 Å². The fourth-order valence-corrected chi connectivity index (χ4v) is 3.18. The highest BCUT2D eigenvalue weighted by Crippen LogP contribution is 2.20. The molecule has 4 aromatic rings. The first-order valence-electron chi connectivity index (χ1n) is 8.48. The van der Waals surface area contributed by atoms with E-state index >= 15 is 0 Å². The van der Waals surface area contributed by atoms with E-state index in [0.29, 0.717) is 16.9 Å². The van der Waals surface area contributed by atoms with Crippen LogP contribution in [0.15, 0.2) is 82.1 Å². The van der Waals surface area contributed by atoms with E-state index in [1.54, 1.807) is 10.6 Å². The number of hydrogen-bond donors (Lipinski definition) is 2. The molecule has 2 N–H and O–H groups in total. The first-order chi connectivity index (χ1) is 13.1. The van der Waals surface area contributed by atoms with Gasteiger partial charge in [0.25, 0.3) is 5.56 Å². The summed E-state index contributed by atoms with van der Waals surface area (Å²) in [5.41, 5.74) is 9.49. The molecule has 0 spiro atoms. The van der Waals surface area contributed by atoms with Gasteiger partial charge in [0.05, 0.1) is 22.3 Å². The molecule has 0 unspecified atom stereocenters. The minimum absolute atomic E-state index is 0.138. The number of benzene rings is 3. The summed E-state index contributed by atoms with van der Waals surface area (Å²) in [6.07, 6.45) is 0. The van der Waals surface area contributed by atoms with E-state index in [-0.39, 0.29) is 5.56 Å². The van der Waals surface area contributed by atoms with Crippen molar-refractivity contribution in [1.29, 1.82) is 0 Å². The van der Waals surface area contributed by atoms with Crippen LogP contribution in [0.25, 0.3) is 16.6 Å². The molecule has 0 aliphatic carbocycles. The molecule has 0 bridgehead atoms. The van der Waals surface area contributed by atoms with E-state index in [2.05, 4.69) is 31.8 Å². The predicted octanol–water partition coefficient (Wildman–Crippen LogP) is 4.90. The number of para-hydroxylation sites is 1. The van der Waals surface area contributed by atoms with Crippen molar-refractivity contribution in [3.8, 4) is 5.69 Å². The lowest BCUT2D eigenvalue weighted by Crippen LogP contribution is -2.25. The van der Waals surface area contributed by atoms with Gasteiger partial charge in [0, 0.05) is 4.47 Å². The SMILES string of the molecule is Cc1ccc(NNc2nc3ccc(Br)cc3c(=O)n2-c2ccccc2)cc1. The van der Waals surface area contributed by atoms with E-state index < -0.39 is 0 Å². The first kappa shape index (κ1) is 17.3. The number of aromatic nitrogens is 2. The third-order valence-corrected chi connectivity index (χ3v) is 4.71. The second-order valence-corrected chi connectivity index (χ2v) is 7.10. The van der Waals surface area contributed by atoms with Crippen LogP contribution in [0.2, 0.25) is 0 Å². The number of nitrogens with one attached hydrogen (secondary N) is 2. The molecule has 27 heavy (non-hydrogen) atoms. The quantitative estimate of drug-likeness (QED) is 0.461. The molecule has 134 valence electrons. The van der Waals surface area contributed by atoms with Crippen molar-refractivity contribution in [2.24, 2.45) is 0 Å². The Bertz CT molecular complexity index is 1150. The normalized spacial score (nSPS) is 10.7. The standard InChI is InChI=1S/C21H17BrN4O/c1-14-7-10-16(11-8-14)24-25-21-23-19-12-9-15(22)13-18(19)20(27)26(21)17-5-3-2-4-6-17/h2-13,24H,1H3,(H,23,25). The summed E-state index contributed by atoms with van der Waals surface area (Å²) in [4.78, 5) is 17.8. The highest BCUT2D eigenvalue weighted by Gasteiger charge is 2.13. The molecule has 0 radical (unpaired) electrons. The van der Waals surface area contributed by atoms with Gasteiger partial charge in [-0.3, -0.25) is 15.6 Å². The lowest BCUT2D eigenvalue weighted by atomic mass is 10.2. The van der Waals surface area contributed by atoms with E-state index in [4.69, 9.17) is 0 Å². The Morgan fingerprint density at radius 1 is 0.926 bits per heavy atom. The average molecular weight is 421 g/mol. The Labute approximate surface area is 164 Å². The van der Waals surface area contributed by atoms with Crippen molar-refractivity contribution in [2.75, 3.05) is 10.9 Å². The number of halogens is 1. The van der Waals surface area contributed by atoms with Crippen molar-refractivity contribution < 1.29 is 0 Å². The molecule has 4 rings (SSSR count). The molecule has 0 amide bonds. The molecule has 1 heterocycles. The number of hydrogen-bond acceptors (Lipinski definition) is 4. The van der Waals surface area contributed by atoms with E-state index in [0.717, 1.165) is 15.8 Å². The number of anilines is 2. The van der Waals surface area contributed by atoms with Crippen LogP contribution in [0.3, 0.4) is 0 Å². The largest absolute Gasteiger partial charge is 0.298 e. The van der Waals surface area contributed by atoms with Crippen molar-refractivity contribution >= 4 is 38.5 Å². The van der Waals surface area contributed by atoms with Gasteiger partial charge in [0.1, 0.15) is 0 Å². The Kier molecular flexibility index (Phi) is 4.64.